The van der Waals surface area contributed by atoms with Gasteiger partial charge in [0.15, 0.2) is 0 Å². The first-order valence-electron chi connectivity index (χ1n) is 8.23. The van der Waals surface area contributed by atoms with Crippen LogP contribution in [0.3, 0.4) is 0 Å². The number of carbonyl (C=O) groups excluding carboxylic acids is 1. The van der Waals surface area contributed by atoms with Gasteiger partial charge >= 0.3 is 0 Å². The normalized spacial score (nSPS) is 26.1. The molecule has 1 aliphatic carbocycles. The van der Waals surface area contributed by atoms with Crippen molar-refractivity contribution in [2.45, 2.75) is 26.3 Å². The van der Waals surface area contributed by atoms with Crippen molar-refractivity contribution in [3.05, 3.63) is 35.8 Å². The third-order valence-corrected chi connectivity index (χ3v) is 5.14. The molecule has 0 radical (unpaired) electrons. The van der Waals surface area contributed by atoms with Crippen molar-refractivity contribution < 1.29 is 4.79 Å². The number of fused-ring (bicyclic) bond motifs is 2. The van der Waals surface area contributed by atoms with Gasteiger partial charge in [-0.05, 0) is 57.8 Å². The van der Waals surface area contributed by atoms with Crippen LogP contribution < -0.4 is 10.6 Å². The fourth-order valence-corrected chi connectivity index (χ4v) is 3.91. The third-order valence-electron chi connectivity index (χ3n) is 5.14. The number of hydrogen-bond donors (Lipinski definition) is 2. The van der Waals surface area contributed by atoms with Crippen molar-refractivity contribution in [1.82, 2.24) is 20.6 Å². The SMILES string of the molecule is Cc1cc2cccnc2c(C(C)(C)NC(=O)C2C3CNCC32)n1. The Balaban J connectivity index is 1.64. The quantitative estimate of drug-likeness (QED) is 0.906. The van der Waals surface area contributed by atoms with Gasteiger partial charge in [-0.25, -0.2) is 0 Å². The lowest BCUT2D eigenvalue weighted by atomic mass is 9.96. The number of carbonyl (C=O) groups is 1. The van der Waals surface area contributed by atoms with Gasteiger partial charge in [0, 0.05) is 23.2 Å². The summed E-state index contributed by atoms with van der Waals surface area (Å²) in [5.41, 5.74) is 2.10. The van der Waals surface area contributed by atoms with E-state index in [1.54, 1.807) is 6.20 Å². The van der Waals surface area contributed by atoms with Crippen LogP contribution in [0.1, 0.15) is 25.2 Å². The van der Waals surface area contributed by atoms with Crippen molar-refractivity contribution in [1.29, 1.82) is 0 Å². The van der Waals surface area contributed by atoms with E-state index in [1.807, 2.05) is 39.0 Å². The van der Waals surface area contributed by atoms with Crippen molar-refractivity contribution in [3.8, 4) is 0 Å². The number of aryl methyl sites for hydroxylation is 1. The minimum Gasteiger partial charge on any atom is -0.345 e. The van der Waals surface area contributed by atoms with Gasteiger partial charge in [0.05, 0.1) is 16.7 Å². The van der Waals surface area contributed by atoms with E-state index >= 15 is 0 Å². The van der Waals surface area contributed by atoms with Crippen LogP contribution in [0.25, 0.3) is 10.9 Å². The maximum Gasteiger partial charge on any atom is 0.224 e. The van der Waals surface area contributed by atoms with Gasteiger partial charge in [0.1, 0.15) is 0 Å². The van der Waals surface area contributed by atoms with E-state index in [0.29, 0.717) is 11.8 Å². The number of rotatable bonds is 3. The zero-order chi connectivity index (χ0) is 16.2. The zero-order valence-corrected chi connectivity index (χ0v) is 13.8. The largest absolute Gasteiger partial charge is 0.345 e. The summed E-state index contributed by atoms with van der Waals surface area (Å²) in [6.45, 7) is 7.94. The van der Waals surface area contributed by atoms with Crippen LogP contribution in [-0.4, -0.2) is 29.0 Å². The number of aromatic nitrogens is 2. The Labute approximate surface area is 135 Å². The summed E-state index contributed by atoms with van der Waals surface area (Å²) < 4.78 is 0. The molecule has 3 heterocycles. The van der Waals surface area contributed by atoms with Gasteiger partial charge in [0.25, 0.3) is 0 Å². The molecule has 2 aliphatic rings. The van der Waals surface area contributed by atoms with Gasteiger partial charge in [-0.1, -0.05) is 6.07 Å². The number of amides is 1. The number of nitrogens with one attached hydrogen (secondary N) is 2. The highest BCUT2D eigenvalue weighted by molar-refractivity contribution is 5.85. The number of hydrogen-bond acceptors (Lipinski definition) is 4. The first-order chi connectivity index (χ1) is 11.0. The molecule has 0 bridgehead atoms. The number of nitrogens with zero attached hydrogens (tertiary/aromatic N) is 2. The molecule has 1 aliphatic heterocycles. The van der Waals surface area contributed by atoms with Crippen molar-refractivity contribution in [3.63, 3.8) is 0 Å². The minimum absolute atomic E-state index is 0.152. The van der Waals surface area contributed by atoms with E-state index in [1.165, 1.54) is 0 Å². The van der Waals surface area contributed by atoms with Crippen molar-refractivity contribution in [2.24, 2.45) is 17.8 Å². The van der Waals surface area contributed by atoms with E-state index in [9.17, 15) is 4.79 Å². The summed E-state index contributed by atoms with van der Waals surface area (Å²) >= 11 is 0. The molecule has 1 saturated heterocycles. The van der Waals surface area contributed by atoms with Crippen LogP contribution in [0, 0.1) is 24.7 Å². The molecule has 4 rings (SSSR count). The van der Waals surface area contributed by atoms with Gasteiger partial charge in [-0.15, -0.1) is 0 Å². The second-order valence-corrected chi connectivity index (χ2v) is 7.31. The number of piperidine rings is 1. The summed E-state index contributed by atoms with van der Waals surface area (Å²) in [5.74, 6) is 1.36. The zero-order valence-electron chi connectivity index (χ0n) is 13.8. The number of pyridine rings is 2. The lowest BCUT2D eigenvalue weighted by molar-refractivity contribution is -0.124. The minimum atomic E-state index is -0.542. The van der Waals surface area contributed by atoms with Crippen LogP contribution in [0.15, 0.2) is 24.4 Å². The Kier molecular flexibility index (Phi) is 3.17. The van der Waals surface area contributed by atoms with E-state index in [0.717, 1.165) is 35.4 Å². The summed E-state index contributed by atoms with van der Waals surface area (Å²) in [6, 6.07) is 5.99. The smallest absolute Gasteiger partial charge is 0.224 e. The molecular formula is C18H22N4O. The molecule has 2 unspecified atom stereocenters. The molecule has 5 nitrogen and oxygen atoms in total. The van der Waals surface area contributed by atoms with Crippen LogP contribution in [0.5, 0.6) is 0 Å². The Hall–Kier alpha value is -2.01. The Bertz CT molecular complexity index is 776. The molecule has 0 aromatic carbocycles. The molecule has 2 atom stereocenters. The summed E-state index contributed by atoms with van der Waals surface area (Å²) in [6.07, 6.45) is 1.78. The first kappa shape index (κ1) is 14.6. The lowest BCUT2D eigenvalue weighted by Gasteiger charge is -2.27. The lowest BCUT2D eigenvalue weighted by Crippen LogP contribution is -2.44. The molecule has 2 fully saturated rings. The Morgan fingerprint density at radius 2 is 2.09 bits per heavy atom. The fourth-order valence-electron chi connectivity index (χ4n) is 3.91. The van der Waals surface area contributed by atoms with Crippen LogP contribution in [0.2, 0.25) is 0 Å². The molecule has 2 aromatic heterocycles. The average molecular weight is 310 g/mol. The molecule has 1 saturated carbocycles. The predicted octanol–water partition coefficient (Wildman–Crippen LogP) is 1.75. The first-order valence-corrected chi connectivity index (χ1v) is 8.23. The Morgan fingerprint density at radius 3 is 2.83 bits per heavy atom. The van der Waals surface area contributed by atoms with Crippen LogP contribution in [0.4, 0.5) is 0 Å². The second kappa shape index (κ2) is 4.99. The van der Waals surface area contributed by atoms with Gasteiger partial charge in [0.2, 0.25) is 5.91 Å². The maximum absolute atomic E-state index is 12.6. The summed E-state index contributed by atoms with van der Waals surface area (Å²) in [4.78, 5) is 21.8. The van der Waals surface area contributed by atoms with Crippen molar-refractivity contribution in [2.75, 3.05) is 13.1 Å². The summed E-state index contributed by atoms with van der Waals surface area (Å²) in [5, 5.41) is 7.60. The van der Waals surface area contributed by atoms with E-state index in [2.05, 4.69) is 20.6 Å². The van der Waals surface area contributed by atoms with Crippen molar-refractivity contribution >= 4 is 16.8 Å². The monoisotopic (exact) mass is 310 g/mol. The third kappa shape index (κ3) is 2.39. The molecule has 2 N–H and O–H groups in total. The second-order valence-electron chi connectivity index (χ2n) is 7.31. The standard InChI is InChI=1S/C18H22N4O/c1-10-7-11-5-4-6-20-15(11)16(21-10)18(2,3)22-17(23)14-12-8-19-9-13(12)14/h4-7,12-14,19H,8-9H2,1-3H3,(H,22,23). The van der Waals surface area contributed by atoms with Gasteiger partial charge in [-0.2, -0.15) is 0 Å². The van der Waals surface area contributed by atoms with Gasteiger partial charge < -0.3 is 10.6 Å². The predicted molar refractivity (Wildman–Crippen MR) is 88.8 cm³/mol. The van der Waals surface area contributed by atoms with Gasteiger partial charge in [-0.3, -0.25) is 14.8 Å². The molecule has 2 aromatic rings. The molecule has 120 valence electrons. The average Bonchev–Trinajstić information content (AvgIpc) is 2.99. The molecular weight excluding hydrogens is 288 g/mol. The molecule has 0 spiro atoms. The highest BCUT2D eigenvalue weighted by Crippen LogP contribution is 2.49. The van der Waals surface area contributed by atoms with E-state index in [4.69, 9.17) is 0 Å². The fraction of sp³-hybridized carbons (Fsp3) is 0.500. The maximum atomic E-state index is 12.6. The molecule has 23 heavy (non-hydrogen) atoms. The molecule has 1 amide bonds. The summed E-state index contributed by atoms with van der Waals surface area (Å²) in [7, 11) is 0. The highest BCUT2D eigenvalue weighted by Gasteiger charge is 2.57. The van der Waals surface area contributed by atoms with Crippen LogP contribution in [-0.2, 0) is 10.3 Å². The van der Waals surface area contributed by atoms with Crippen LogP contribution >= 0.6 is 0 Å². The highest BCUT2D eigenvalue weighted by atomic mass is 16.2. The van der Waals surface area contributed by atoms with E-state index in [-0.39, 0.29) is 11.8 Å². The molecule has 5 heteroatoms. The topological polar surface area (TPSA) is 66.9 Å². The van der Waals surface area contributed by atoms with E-state index < -0.39 is 5.54 Å². The Morgan fingerprint density at radius 1 is 1.35 bits per heavy atom.